The highest BCUT2D eigenvalue weighted by molar-refractivity contribution is 5.86. The van der Waals surface area contributed by atoms with Gasteiger partial charge in [0.05, 0.1) is 12.2 Å². The zero-order valence-corrected chi connectivity index (χ0v) is 21.2. The number of hydrogen-bond acceptors (Lipinski definition) is 3. The maximum atomic E-state index is 12.3. The number of hydrogen-bond donors (Lipinski definition) is 1. The molecule has 0 aliphatic rings. The zero-order valence-electron chi connectivity index (χ0n) is 21.2. The Kier molecular flexibility index (Phi) is 17.9. The number of rotatable bonds is 22. The molecule has 0 rings (SSSR count). The minimum atomic E-state index is -0.897. The van der Waals surface area contributed by atoms with Gasteiger partial charge in [0.1, 0.15) is 5.60 Å². The van der Waals surface area contributed by atoms with Gasteiger partial charge in [0.25, 0.3) is 0 Å². The summed E-state index contributed by atoms with van der Waals surface area (Å²) >= 11 is 0. The molecule has 0 heterocycles. The van der Waals surface area contributed by atoms with Crippen LogP contribution < -0.4 is 0 Å². The Balaban J connectivity index is 3.39. The number of carbonyl (C=O) groups is 1. The SMILES string of the molecule is CCCCCCCCCCCCCCCCCCCC(=O)C(C)(C)OCC(C)(C)O. The molecular formula is C27H54O3. The second kappa shape index (κ2) is 18.2. The molecule has 1 N–H and O–H groups in total. The van der Waals surface area contributed by atoms with Crippen LogP contribution in [-0.2, 0) is 9.53 Å². The lowest BCUT2D eigenvalue weighted by Gasteiger charge is -2.28. The Bertz CT molecular complexity index is 395. The average Bonchev–Trinajstić information content (AvgIpc) is 2.68. The minimum Gasteiger partial charge on any atom is -0.388 e. The molecule has 0 aliphatic heterocycles. The smallest absolute Gasteiger partial charge is 0.164 e. The van der Waals surface area contributed by atoms with Crippen LogP contribution in [0.25, 0.3) is 0 Å². The van der Waals surface area contributed by atoms with Gasteiger partial charge >= 0.3 is 0 Å². The Morgan fingerprint density at radius 3 is 1.30 bits per heavy atom. The van der Waals surface area contributed by atoms with Gasteiger partial charge in [0, 0.05) is 6.42 Å². The quantitative estimate of drug-likeness (QED) is 0.178. The summed E-state index contributed by atoms with van der Waals surface area (Å²) in [6.45, 7) is 9.49. The molecule has 0 bridgehead atoms. The fourth-order valence-electron chi connectivity index (χ4n) is 3.75. The van der Waals surface area contributed by atoms with Gasteiger partial charge in [-0.05, 0) is 34.1 Å². The summed E-state index contributed by atoms with van der Waals surface area (Å²) < 4.78 is 5.64. The van der Waals surface area contributed by atoms with Crippen molar-refractivity contribution in [2.75, 3.05) is 6.61 Å². The summed E-state index contributed by atoms with van der Waals surface area (Å²) in [6, 6.07) is 0. The van der Waals surface area contributed by atoms with Gasteiger partial charge in [-0.1, -0.05) is 110 Å². The van der Waals surface area contributed by atoms with Crippen molar-refractivity contribution in [3.63, 3.8) is 0 Å². The summed E-state index contributed by atoms with van der Waals surface area (Å²) in [5.41, 5.74) is -1.69. The normalized spacial score (nSPS) is 12.5. The number of carbonyl (C=O) groups excluding carboxylic acids is 1. The Morgan fingerprint density at radius 2 is 0.967 bits per heavy atom. The molecule has 0 aromatic carbocycles. The van der Waals surface area contributed by atoms with Gasteiger partial charge in [-0.3, -0.25) is 4.79 Å². The zero-order chi connectivity index (χ0) is 22.7. The molecule has 0 fully saturated rings. The Labute approximate surface area is 188 Å². The van der Waals surface area contributed by atoms with Crippen LogP contribution in [0.1, 0.15) is 150 Å². The van der Waals surface area contributed by atoms with Crippen molar-refractivity contribution in [1.82, 2.24) is 0 Å². The molecule has 0 spiro atoms. The first kappa shape index (κ1) is 29.6. The molecule has 0 atom stereocenters. The average molecular weight is 427 g/mol. The van der Waals surface area contributed by atoms with Gasteiger partial charge in [-0.2, -0.15) is 0 Å². The van der Waals surface area contributed by atoms with E-state index in [4.69, 9.17) is 4.74 Å². The molecular weight excluding hydrogens is 372 g/mol. The third-order valence-corrected chi connectivity index (χ3v) is 5.97. The van der Waals surface area contributed by atoms with Crippen LogP contribution in [0.5, 0.6) is 0 Å². The first-order valence-electron chi connectivity index (χ1n) is 13.1. The molecule has 30 heavy (non-hydrogen) atoms. The third-order valence-electron chi connectivity index (χ3n) is 5.97. The number of ether oxygens (including phenoxy) is 1. The largest absolute Gasteiger partial charge is 0.388 e. The van der Waals surface area contributed by atoms with E-state index in [1.54, 1.807) is 13.8 Å². The molecule has 0 saturated carbocycles. The van der Waals surface area contributed by atoms with E-state index in [2.05, 4.69) is 6.92 Å². The van der Waals surface area contributed by atoms with Crippen molar-refractivity contribution in [1.29, 1.82) is 0 Å². The number of Topliss-reactive ketones (excluding diaryl/α,β-unsaturated/α-hetero) is 1. The van der Waals surface area contributed by atoms with E-state index >= 15 is 0 Å². The van der Waals surface area contributed by atoms with E-state index in [-0.39, 0.29) is 12.4 Å². The molecule has 3 heteroatoms. The molecule has 3 nitrogen and oxygen atoms in total. The van der Waals surface area contributed by atoms with Crippen LogP contribution in [0.2, 0.25) is 0 Å². The van der Waals surface area contributed by atoms with Gasteiger partial charge in [0.2, 0.25) is 0 Å². The fourth-order valence-corrected chi connectivity index (χ4v) is 3.75. The summed E-state index contributed by atoms with van der Waals surface area (Å²) in [6.07, 6.45) is 23.5. The van der Waals surface area contributed by atoms with Crippen LogP contribution in [0.4, 0.5) is 0 Å². The van der Waals surface area contributed by atoms with Crippen LogP contribution in [0, 0.1) is 0 Å². The van der Waals surface area contributed by atoms with E-state index < -0.39 is 11.2 Å². The van der Waals surface area contributed by atoms with Gasteiger partial charge in [-0.15, -0.1) is 0 Å². The Hall–Kier alpha value is -0.410. The molecule has 0 aliphatic carbocycles. The Morgan fingerprint density at radius 1 is 0.633 bits per heavy atom. The molecule has 0 aromatic rings. The number of unbranched alkanes of at least 4 members (excludes halogenated alkanes) is 16. The van der Waals surface area contributed by atoms with E-state index in [1.807, 2.05) is 13.8 Å². The molecule has 0 radical (unpaired) electrons. The van der Waals surface area contributed by atoms with Crippen LogP contribution in [-0.4, -0.2) is 28.7 Å². The predicted molar refractivity (Wildman–Crippen MR) is 130 cm³/mol. The predicted octanol–water partition coefficient (Wildman–Crippen LogP) is 8.16. The summed E-state index contributed by atoms with van der Waals surface area (Å²) in [7, 11) is 0. The van der Waals surface area contributed by atoms with Crippen molar-refractivity contribution < 1.29 is 14.6 Å². The lowest BCUT2D eigenvalue weighted by molar-refractivity contribution is -0.148. The van der Waals surface area contributed by atoms with Gasteiger partial charge in [-0.25, -0.2) is 0 Å². The van der Waals surface area contributed by atoms with Crippen molar-refractivity contribution in [2.24, 2.45) is 0 Å². The molecule has 0 unspecified atom stereocenters. The molecule has 180 valence electrons. The van der Waals surface area contributed by atoms with Crippen molar-refractivity contribution in [2.45, 2.75) is 161 Å². The second-order valence-corrected chi connectivity index (χ2v) is 10.4. The van der Waals surface area contributed by atoms with E-state index in [9.17, 15) is 9.90 Å². The first-order chi connectivity index (χ1) is 14.2. The topological polar surface area (TPSA) is 46.5 Å². The lowest BCUT2D eigenvalue weighted by atomic mass is 9.97. The van der Waals surface area contributed by atoms with Gasteiger partial charge < -0.3 is 9.84 Å². The minimum absolute atomic E-state index is 0.146. The molecule has 0 aromatic heterocycles. The number of aliphatic hydroxyl groups is 1. The highest BCUT2D eigenvalue weighted by Crippen LogP contribution is 2.19. The summed E-state index contributed by atoms with van der Waals surface area (Å²) in [5, 5.41) is 9.76. The van der Waals surface area contributed by atoms with E-state index in [0.29, 0.717) is 6.42 Å². The maximum Gasteiger partial charge on any atom is 0.164 e. The van der Waals surface area contributed by atoms with Crippen molar-refractivity contribution in [3.8, 4) is 0 Å². The van der Waals surface area contributed by atoms with Crippen LogP contribution in [0.15, 0.2) is 0 Å². The second-order valence-electron chi connectivity index (χ2n) is 10.4. The summed E-state index contributed by atoms with van der Waals surface area (Å²) in [4.78, 5) is 12.3. The van der Waals surface area contributed by atoms with Crippen molar-refractivity contribution >= 4 is 5.78 Å². The van der Waals surface area contributed by atoms with Crippen LogP contribution >= 0.6 is 0 Å². The standard InChI is InChI=1S/C27H54O3/c1-6-7-8-9-10-11-12-13-14-15-16-17-18-19-20-21-22-23-25(28)27(4,5)30-24-26(2,3)29/h29H,6-24H2,1-5H3. The maximum absolute atomic E-state index is 12.3. The number of ketones is 1. The summed E-state index contributed by atoms with van der Waals surface area (Å²) in [5.74, 6) is 0.146. The first-order valence-corrected chi connectivity index (χ1v) is 13.1. The highest BCUT2D eigenvalue weighted by Gasteiger charge is 2.29. The van der Waals surface area contributed by atoms with Gasteiger partial charge in [0.15, 0.2) is 5.78 Å². The molecule has 0 amide bonds. The van der Waals surface area contributed by atoms with Crippen LogP contribution in [0.3, 0.4) is 0 Å². The monoisotopic (exact) mass is 426 g/mol. The van der Waals surface area contributed by atoms with E-state index in [1.165, 1.54) is 96.3 Å². The fraction of sp³-hybridized carbons (Fsp3) is 0.963. The third kappa shape index (κ3) is 19.5. The highest BCUT2D eigenvalue weighted by atomic mass is 16.5. The lowest BCUT2D eigenvalue weighted by Crippen LogP contribution is -2.40. The van der Waals surface area contributed by atoms with Crippen molar-refractivity contribution in [3.05, 3.63) is 0 Å². The molecule has 0 saturated heterocycles. The van der Waals surface area contributed by atoms with E-state index in [0.717, 1.165) is 12.8 Å².